The first kappa shape index (κ1) is 17.8. The summed E-state index contributed by atoms with van der Waals surface area (Å²) in [6.45, 7) is 3.93. The minimum atomic E-state index is 0.259. The third kappa shape index (κ3) is 3.89. The second-order valence-electron chi connectivity index (χ2n) is 7.57. The quantitative estimate of drug-likeness (QED) is 0.817. The van der Waals surface area contributed by atoms with Crippen molar-refractivity contribution in [2.24, 2.45) is 0 Å². The fourth-order valence-electron chi connectivity index (χ4n) is 4.15. The van der Waals surface area contributed by atoms with Crippen LogP contribution in [0.4, 0.5) is 5.69 Å². The van der Waals surface area contributed by atoms with Gasteiger partial charge in [-0.3, -0.25) is 4.79 Å². The number of anilines is 1. The van der Waals surface area contributed by atoms with Crippen molar-refractivity contribution in [3.8, 4) is 6.07 Å². The molecule has 0 N–H and O–H groups in total. The van der Waals surface area contributed by atoms with Gasteiger partial charge in [-0.05, 0) is 48.6 Å². The van der Waals surface area contributed by atoms with Crippen LogP contribution in [0.3, 0.4) is 0 Å². The highest BCUT2D eigenvalue weighted by Gasteiger charge is 2.28. The second-order valence-corrected chi connectivity index (χ2v) is 7.57. The van der Waals surface area contributed by atoms with Crippen LogP contribution in [0.25, 0.3) is 0 Å². The van der Waals surface area contributed by atoms with Crippen molar-refractivity contribution in [1.82, 2.24) is 4.90 Å². The van der Waals surface area contributed by atoms with Crippen LogP contribution in [0.15, 0.2) is 48.5 Å². The smallest absolute Gasteiger partial charge is 0.226 e. The SMILES string of the molecule is N#Cc1cccc(C2CN(CCc3ccccc3N3CCCCC3=O)C2)c1. The summed E-state index contributed by atoms with van der Waals surface area (Å²) in [5.41, 5.74) is 4.37. The van der Waals surface area contributed by atoms with Gasteiger partial charge in [0.25, 0.3) is 0 Å². The van der Waals surface area contributed by atoms with E-state index in [1.807, 2.05) is 29.2 Å². The lowest BCUT2D eigenvalue weighted by Crippen LogP contribution is -2.45. The molecule has 4 heteroatoms. The number of carbonyl (C=O) groups excluding carboxylic acids is 1. The van der Waals surface area contributed by atoms with Crippen molar-refractivity contribution in [3.63, 3.8) is 0 Å². The van der Waals surface area contributed by atoms with E-state index in [1.165, 1.54) is 11.1 Å². The fraction of sp³-hybridized carbons (Fsp3) is 0.391. The largest absolute Gasteiger partial charge is 0.312 e. The van der Waals surface area contributed by atoms with E-state index >= 15 is 0 Å². The van der Waals surface area contributed by atoms with Gasteiger partial charge in [-0.15, -0.1) is 0 Å². The Morgan fingerprint density at radius 1 is 1.07 bits per heavy atom. The summed E-state index contributed by atoms with van der Waals surface area (Å²) in [4.78, 5) is 16.7. The number of amides is 1. The minimum absolute atomic E-state index is 0.259. The maximum Gasteiger partial charge on any atom is 0.226 e. The molecule has 0 atom stereocenters. The second kappa shape index (κ2) is 7.94. The van der Waals surface area contributed by atoms with Crippen LogP contribution in [-0.4, -0.2) is 37.0 Å². The number of piperidine rings is 1. The van der Waals surface area contributed by atoms with E-state index in [1.54, 1.807) is 0 Å². The summed E-state index contributed by atoms with van der Waals surface area (Å²) in [7, 11) is 0. The third-order valence-corrected chi connectivity index (χ3v) is 5.75. The average Bonchev–Trinajstić information content (AvgIpc) is 2.68. The fourth-order valence-corrected chi connectivity index (χ4v) is 4.15. The number of benzene rings is 2. The summed E-state index contributed by atoms with van der Waals surface area (Å²) in [6.07, 6.45) is 3.74. The van der Waals surface area contributed by atoms with E-state index in [-0.39, 0.29) is 5.91 Å². The number of carbonyl (C=O) groups is 1. The normalized spacial score (nSPS) is 18.2. The lowest BCUT2D eigenvalue weighted by Gasteiger charge is -2.40. The van der Waals surface area contributed by atoms with E-state index < -0.39 is 0 Å². The first-order valence-corrected chi connectivity index (χ1v) is 9.85. The topological polar surface area (TPSA) is 47.3 Å². The van der Waals surface area contributed by atoms with Gasteiger partial charge in [0.15, 0.2) is 0 Å². The molecule has 0 saturated carbocycles. The first-order valence-electron chi connectivity index (χ1n) is 9.85. The molecule has 138 valence electrons. The van der Waals surface area contributed by atoms with Crippen molar-refractivity contribution in [2.45, 2.75) is 31.6 Å². The van der Waals surface area contributed by atoms with Crippen LogP contribution in [0, 0.1) is 11.3 Å². The van der Waals surface area contributed by atoms with E-state index in [0.29, 0.717) is 12.3 Å². The molecule has 0 bridgehead atoms. The summed E-state index contributed by atoms with van der Waals surface area (Å²) < 4.78 is 0. The Balaban J connectivity index is 1.35. The Bertz CT molecular complexity index is 864. The lowest BCUT2D eigenvalue weighted by atomic mass is 9.90. The molecule has 2 aliphatic rings. The molecule has 0 aromatic heterocycles. The molecule has 1 amide bonds. The van der Waals surface area contributed by atoms with Crippen molar-refractivity contribution < 1.29 is 4.79 Å². The van der Waals surface area contributed by atoms with Gasteiger partial charge in [0.05, 0.1) is 11.6 Å². The van der Waals surface area contributed by atoms with Gasteiger partial charge < -0.3 is 9.80 Å². The molecule has 0 spiro atoms. The number of likely N-dealkylation sites (tertiary alicyclic amines) is 1. The third-order valence-electron chi connectivity index (χ3n) is 5.75. The molecule has 2 aliphatic heterocycles. The molecular formula is C23H25N3O. The number of hydrogen-bond acceptors (Lipinski definition) is 3. The van der Waals surface area contributed by atoms with E-state index in [4.69, 9.17) is 5.26 Å². The van der Waals surface area contributed by atoms with Crippen molar-refractivity contribution >= 4 is 11.6 Å². The Morgan fingerprint density at radius 3 is 2.74 bits per heavy atom. The Morgan fingerprint density at radius 2 is 1.93 bits per heavy atom. The Labute approximate surface area is 161 Å². The van der Waals surface area contributed by atoms with E-state index in [9.17, 15) is 4.79 Å². The number of nitriles is 1. The Hall–Kier alpha value is -2.64. The van der Waals surface area contributed by atoms with Gasteiger partial charge in [-0.25, -0.2) is 0 Å². The first-order chi connectivity index (χ1) is 13.2. The van der Waals surface area contributed by atoms with Crippen LogP contribution in [0.1, 0.15) is 41.9 Å². The monoisotopic (exact) mass is 359 g/mol. The predicted octanol–water partition coefficient (Wildman–Crippen LogP) is 3.72. The summed E-state index contributed by atoms with van der Waals surface area (Å²) in [5, 5.41) is 9.06. The molecule has 2 saturated heterocycles. The molecular weight excluding hydrogens is 334 g/mol. The van der Waals surface area contributed by atoms with Crippen molar-refractivity contribution in [3.05, 3.63) is 65.2 Å². The van der Waals surface area contributed by atoms with Gasteiger partial charge in [0.2, 0.25) is 5.91 Å². The number of nitrogens with zero attached hydrogens (tertiary/aromatic N) is 3. The van der Waals surface area contributed by atoms with Crippen molar-refractivity contribution in [2.75, 3.05) is 31.1 Å². The van der Waals surface area contributed by atoms with Crippen LogP contribution in [-0.2, 0) is 11.2 Å². The van der Waals surface area contributed by atoms with Crippen LogP contribution in [0.5, 0.6) is 0 Å². The molecule has 4 nitrogen and oxygen atoms in total. The zero-order valence-corrected chi connectivity index (χ0v) is 15.6. The van der Waals surface area contributed by atoms with E-state index in [2.05, 4.69) is 35.2 Å². The molecule has 0 aliphatic carbocycles. The molecule has 2 fully saturated rings. The molecule has 2 aromatic carbocycles. The van der Waals surface area contributed by atoms with Gasteiger partial charge in [0, 0.05) is 44.2 Å². The lowest BCUT2D eigenvalue weighted by molar-refractivity contribution is -0.119. The van der Waals surface area contributed by atoms with Gasteiger partial charge in [-0.1, -0.05) is 30.3 Å². The average molecular weight is 359 g/mol. The zero-order valence-electron chi connectivity index (χ0n) is 15.6. The van der Waals surface area contributed by atoms with Gasteiger partial charge in [-0.2, -0.15) is 5.26 Å². The molecule has 4 rings (SSSR count). The predicted molar refractivity (Wildman–Crippen MR) is 107 cm³/mol. The highest BCUT2D eigenvalue weighted by molar-refractivity contribution is 5.94. The van der Waals surface area contributed by atoms with E-state index in [0.717, 1.165) is 56.7 Å². The van der Waals surface area contributed by atoms with Gasteiger partial charge in [0.1, 0.15) is 0 Å². The molecule has 27 heavy (non-hydrogen) atoms. The van der Waals surface area contributed by atoms with Gasteiger partial charge >= 0.3 is 0 Å². The summed E-state index contributed by atoms with van der Waals surface area (Å²) in [5.74, 6) is 0.785. The number of rotatable bonds is 5. The minimum Gasteiger partial charge on any atom is -0.312 e. The molecule has 2 aromatic rings. The summed E-state index contributed by atoms with van der Waals surface area (Å²) >= 11 is 0. The maximum absolute atomic E-state index is 12.3. The van der Waals surface area contributed by atoms with Crippen molar-refractivity contribution in [1.29, 1.82) is 5.26 Å². The molecule has 0 radical (unpaired) electrons. The molecule has 0 unspecified atom stereocenters. The van der Waals surface area contributed by atoms with Crippen LogP contribution >= 0.6 is 0 Å². The van der Waals surface area contributed by atoms with Crippen LogP contribution < -0.4 is 4.90 Å². The zero-order chi connectivity index (χ0) is 18.6. The highest BCUT2D eigenvalue weighted by atomic mass is 16.2. The highest BCUT2D eigenvalue weighted by Crippen LogP contribution is 2.29. The summed E-state index contributed by atoms with van der Waals surface area (Å²) in [6, 6.07) is 18.5. The maximum atomic E-state index is 12.3. The number of para-hydroxylation sites is 1. The molecule has 2 heterocycles. The van der Waals surface area contributed by atoms with Crippen LogP contribution in [0.2, 0.25) is 0 Å². The Kier molecular flexibility index (Phi) is 5.22. The standard InChI is InChI=1S/C23H25N3O/c24-15-18-6-5-8-20(14-18)21-16-25(17-21)13-11-19-7-1-2-9-22(19)26-12-4-3-10-23(26)27/h1-2,5-9,14,21H,3-4,10-13,16-17H2. The number of hydrogen-bond donors (Lipinski definition) is 0.